The van der Waals surface area contributed by atoms with Gasteiger partial charge in [0, 0.05) is 63.5 Å². The van der Waals surface area contributed by atoms with E-state index < -0.39 is 0 Å². The van der Waals surface area contributed by atoms with Crippen molar-refractivity contribution in [3.8, 4) is 0 Å². The van der Waals surface area contributed by atoms with E-state index in [9.17, 15) is 4.79 Å². The van der Waals surface area contributed by atoms with E-state index in [1.807, 2.05) is 49.0 Å². The highest BCUT2D eigenvalue weighted by Crippen LogP contribution is 2.30. The highest BCUT2D eigenvalue weighted by atomic mass is 16.3. The molecule has 0 bridgehead atoms. The topological polar surface area (TPSA) is 78.9 Å². The van der Waals surface area contributed by atoms with Crippen molar-refractivity contribution in [2.45, 2.75) is 19.9 Å². The van der Waals surface area contributed by atoms with Gasteiger partial charge in [-0.15, -0.1) is 0 Å². The smallest absolute Gasteiger partial charge is 0.287 e. The minimum atomic E-state index is -0.238. The van der Waals surface area contributed by atoms with Gasteiger partial charge in [-0.3, -0.25) is 14.7 Å². The normalized spacial score (nSPS) is 15.3. The summed E-state index contributed by atoms with van der Waals surface area (Å²) in [6.07, 6.45) is 6.53. The average Bonchev–Trinajstić information content (AvgIpc) is 3.44. The van der Waals surface area contributed by atoms with Crippen LogP contribution in [0, 0.1) is 0 Å². The number of nitrogens with one attached hydrogen (secondary N) is 1. The molecule has 1 N–H and O–H groups in total. The fourth-order valence-electron chi connectivity index (χ4n) is 4.02. The van der Waals surface area contributed by atoms with E-state index in [1.165, 1.54) is 0 Å². The molecule has 0 unspecified atom stereocenters. The van der Waals surface area contributed by atoms with Crippen LogP contribution < -0.4 is 10.2 Å². The van der Waals surface area contributed by atoms with E-state index in [2.05, 4.69) is 37.9 Å². The summed E-state index contributed by atoms with van der Waals surface area (Å²) < 4.78 is 7.87. The third-order valence-electron chi connectivity index (χ3n) is 5.87. The molecule has 1 amide bonds. The fraction of sp³-hybridized carbons (Fsp3) is 0.375. The summed E-state index contributed by atoms with van der Waals surface area (Å²) in [5.74, 6) is 0.0797. The molecular weight excluding hydrogens is 404 g/mol. The van der Waals surface area contributed by atoms with Gasteiger partial charge in [0.1, 0.15) is 0 Å². The van der Waals surface area contributed by atoms with E-state index >= 15 is 0 Å². The summed E-state index contributed by atoms with van der Waals surface area (Å²) in [6.45, 7) is 10.7. The van der Waals surface area contributed by atoms with E-state index in [1.54, 1.807) is 6.33 Å². The number of furan rings is 1. The number of para-hydroxylation sites is 1. The van der Waals surface area contributed by atoms with Crippen LogP contribution in [0.25, 0.3) is 11.0 Å². The summed E-state index contributed by atoms with van der Waals surface area (Å²) in [5.41, 5.74) is 3.64. The van der Waals surface area contributed by atoms with Gasteiger partial charge in [0.15, 0.2) is 11.3 Å². The number of nitrogens with zero attached hydrogens (tertiary/aromatic N) is 5. The van der Waals surface area contributed by atoms with Crippen LogP contribution in [0.2, 0.25) is 0 Å². The van der Waals surface area contributed by atoms with Crippen molar-refractivity contribution in [1.29, 1.82) is 0 Å². The molecule has 1 aliphatic rings. The Hall–Kier alpha value is -3.39. The molecule has 168 valence electrons. The standard InChI is InChI=1S/C24H30N6O2/c1-4-19(25-2)8-9-29-10-12-30(13-11-29)21-7-5-6-18-14-22(32-23(18)21)24(31)26-15-20-16-28(3)17-27-20/h4-7,14,16-17H,2,8-13,15H2,1,3H3,(H,26,31). The monoisotopic (exact) mass is 434 g/mol. The molecule has 1 fully saturated rings. The van der Waals surface area contributed by atoms with E-state index in [4.69, 9.17) is 4.42 Å². The quantitative estimate of drug-likeness (QED) is 0.551. The summed E-state index contributed by atoms with van der Waals surface area (Å²) in [7, 11) is 1.90. The first-order valence-electron chi connectivity index (χ1n) is 10.9. The number of allylic oxidation sites excluding steroid dienone is 1. The zero-order chi connectivity index (χ0) is 22.5. The van der Waals surface area contributed by atoms with Gasteiger partial charge in [-0.2, -0.15) is 0 Å². The lowest BCUT2D eigenvalue weighted by atomic mass is 10.2. The number of aryl methyl sites for hydroxylation is 1. The van der Waals surface area contributed by atoms with Gasteiger partial charge >= 0.3 is 0 Å². The molecule has 0 saturated carbocycles. The van der Waals surface area contributed by atoms with E-state index in [0.29, 0.717) is 12.3 Å². The first kappa shape index (κ1) is 21.8. The second-order valence-electron chi connectivity index (χ2n) is 8.04. The maximum absolute atomic E-state index is 12.6. The summed E-state index contributed by atoms with van der Waals surface area (Å²) in [5, 5.41) is 3.81. The Morgan fingerprint density at radius 2 is 2.12 bits per heavy atom. The van der Waals surface area contributed by atoms with Crippen molar-refractivity contribution >= 4 is 29.3 Å². The van der Waals surface area contributed by atoms with Crippen LogP contribution in [0.5, 0.6) is 0 Å². The zero-order valence-corrected chi connectivity index (χ0v) is 18.8. The number of hydrogen-bond donors (Lipinski definition) is 1. The number of carbonyl (C=O) groups is 1. The molecule has 8 nitrogen and oxygen atoms in total. The predicted molar refractivity (Wildman–Crippen MR) is 127 cm³/mol. The maximum Gasteiger partial charge on any atom is 0.287 e. The van der Waals surface area contributed by atoms with Crippen LogP contribution in [0.1, 0.15) is 29.6 Å². The molecule has 0 spiro atoms. The number of aliphatic imine (C=N–C) groups is 1. The summed E-state index contributed by atoms with van der Waals surface area (Å²) >= 11 is 0. The number of amides is 1. The Labute approximate surface area is 188 Å². The summed E-state index contributed by atoms with van der Waals surface area (Å²) in [4.78, 5) is 25.7. The Kier molecular flexibility index (Phi) is 6.70. The van der Waals surface area contributed by atoms with Crippen molar-refractivity contribution in [1.82, 2.24) is 19.8 Å². The highest BCUT2D eigenvalue weighted by molar-refractivity contribution is 5.99. The number of aromatic nitrogens is 2. The minimum absolute atomic E-state index is 0.238. The molecule has 8 heteroatoms. The first-order chi connectivity index (χ1) is 15.6. The van der Waals surface area contributed by atoms with Gasteiger partial charge in [0.25, 0.3) is 5.91 Å². The Morgan fingerprint density at radius 1 is 1.31 bits per heavy atom. The molecule has 0 atom stereocenters. The number of rotatable bonds is 8. The van der Waals surface area contributed by atoms with Gasteiger partial charge in [0.05, 0.1) is 24.3 Å². The van der Waals surface area contributed by atoms with Gasteiger partial charge < -0.3 is 19.2 Å². The van der Waals surface area contributed by atoms with Gasteiger partial charge in [-0.25, -0.2) is 4.98 Å². The van der Waals surface area contributed by atoms with E-state index in [0.717, 1.165) is 67.2 Å². The minimum Gasteiger partial charge on any atom is -0.449 e. The molecule has 1 aromatic carbocycles. The van der Waals surface area contributed by atoms with Crippen LogP contribution in [0.4, 0.5) is 5.69 Å². The molecule has 32 heavy (non-hydrogen) atoms. The van der Waals surface area contributed by atoms with Crippen molar-refractivity contribution in [3.63, 3.8) is 0 Å². The largest absolute Gasteiger partial charge is 0.449 e. The molecule has 0 aliphatic carbocycles. The second-order valence-corrected chi connectivity index (χ2v) is 8.04. The molecule has 0 radical (unpaired) electrons. The number of fused-ring (bicyclic) bond motifs is 1. The Bertz CT molecular complexity index is 1120. The fourth-order valence-corrected chi connectivity index (χ4v) is 4.02. The van der Waals surface area contributed by atoms with E-state index in [-0.39, 0.29) is 5.91 Å². The van der Waals surface area contributed by atoms with Crippen LogP contribution in [0.15, 0.2) is 58.0 Å². The number of anilines is 1. The molecule has 1 saturated heterocycles. The molecular formula is C24H30N6O2. The van der Waals surface area contributed by atoms with Crippen molar-refractivity contribution in [3.05, 3.63) is 60.0 Å². The molecule has 2 aromatic heterocycles. The van der Waals surface area contributed by atoms with Crippen LogP contribution >= 0.6 is 0 Å². The zero-order valence-electron chi connectivity index (χ0n) is 18.8. The SMILES string of the molecule is C=NC(=CC)CCN1CCN(c2cccc3cc(C(=O)NCc4cn(C)cn4)oc23)CC1. The second kappa shape index (κ2) is 9.82. The molecule has 3 aromatic rings. The number of piperazine rings is 1. The lowest BCUT2D eigenvalue weighted by Gasteiger charge is -2.36. The lowest BCUT2D eigenvalue weighted by molar-refractivity contribution is 0.0925. The third kappa shape index (κ3) is 4.91. The molecule has 3 heterocycles. The number of hydrogen-bond acceptors (Lipinski definition) is 6. The highest BCUT2D eigenvalue weighted by Gasteiger charge is 2.21. The molecule has 4 rings (SSSR count). The maximum atomic E-state index is 12.6. The van der Waals surface area contributed by atoms with Crippen molar-refractivity contribution in [2.24, 2.45) is 12.0 Å². The van der Waals surface area contributed by atoms with Gasteiger partial charge in [-0.05, 0) is 25.8 Å². The number of imidazole rings is 1. The van der Waals surface area contributed by atoms with Gasteiger partial charge in [-0.1, -0.05) is 18.2 Å². The van der Waals surface area contributed by atoms with Crippen LogP contribution in [-0.2, 0) is 13.6 Å². The summed E-state index contributed by atoms with van der Waals surface area (Å²) in [6, 6.07) is 7.87. The number of benzene rings is 1. The molecule has 1 aliphatic heterocycles. The van der Waals surface area contributed by atoms with Crippen molar-refractivity contribution in [2.75, 3.05) is 37.6 Å². The first-order valence-corrected chi connectivity index (χ1v) is 10.9. The van der Waals surface area contributed by atoms with Crippen LogP contribution in [0.3, 0.4) is 0 Å². The predicted octanol–water partition coefficient (Wildman–Crippen LogP) is 3.21. The third-order valence-corrected chi connectivity index (χ3v) is 5.87. The van der Waals surface area contributed by atoms with Gasteiger partial charge in [0.2, 0.25) is 0 Å². The van der Waals surface area contributed by atoms with Crippen LogP contribution in [-0.4, -0.2) is 59.8 Å². The average molecular weight is 435 g/mol. The Balaban J connectivity index is 1.40. The van der Waals surface area contributed by atoms with Crippen molar-refractivity contribution < 1.29 is 9.21 Å². The number of carbonyl (C=O) groups excluding carboxylic acids is 1. The lowest BCUT2D eigenvalue weighted by Crippen LogP contribution is -2.46. The Morgan fingerprint density at radius 3 is 2.81 bits per heavy atom.